The lowest BCUT2D eigenvalue weighted by atomic mass is 9.75. The Bertz CT molecular complexity index is 509. The van der Waals surface area contributed by atoms with Crippen LogP contribution in [0.2, 0.25) is 0 Å². The Morgan fingerprint density at radius 1 is 1.42 bits per heavy atom. The lowest BCUT2D eigenvalue weighted by molar-refractivity contribution is -0.121. The Balaban J connectivity index is 2.05. The zero-order chi connectivity index (χ0) is 13.5. The molecule has 1 saturated heterocycles. The van der Waals surface area contributed by atoms with E-state index in [1.54, 1.807) is 0 Å². The predicted molar refractivity (Wildman–Crippen MR) is 80.8 cm³/mol. The van der Waals surface area contributed by atoms with Crippen LogP contribution >= 0.6 is 11.8 Å². The third-order valence-corrected chi connectivity index (χ3v) is 5.43. The largest absolute Gasteiger partial charge is 0.325 e. The van der Waals surface area contributed by atoms with Gasteiger partial charge in [0.1, 0.15) is 0 Å². The van der Waals surface area contributed by atoms with Gasteiger partial charge in [0.2, 0.25) is 5.91 Å². The summed E-state index contributed by atoms with van der Waals surface area (Å²) in [6.07, 6.45) is 4.14. The van der Waals surface area contributed by atoms with E-state index < -0.39 is 0 Å². The van der Waals surface area contributed by atoms with Crippen LogP contribution < -0.4 is 10.6 Å². The molecule has 0 saturated carbocycles. The van der Waals surface area contributed by atoms with E-state index in [-0.39, 0.29) is 11.3 Å². The molecule has 0 bridgehead atoms. The van der Waals surface area contributed by atoms with Gasteiger partial charge < -0.3 is 10.6 Å². The van der Waals surface area contributed by atoms with E-state index in [2.05, 4.69) is 42.0 Å². The molecule has 19 heavy (non-hydrogen) atoms. The number of hydrogen-bond acceptors (Lipinski definition) is 3. The summed E-state index contributed by atoms with van der Waals surface area (Å²) in [7, 11) is 0. The maximum absolute atomic E-state index is 12.4. The normalized spacial score (nSPS) is 27.2. The van der Waals surface area contributed by atoms with Crippen molar-refractivity contribution in [2.24, 2.45) is 0 Å². The van der Waals surface area contributed by atoms with Crippen LogP contribution in [0.25, 0.3) is 0 Å². The number of anilines is 1. The number of carbonyl (C=O) groups excluding carboxylic acids is 1. The quantitative estimate of drug-likeness (QED) is 0.872. The third kappa shape index (κ3) is 1.98. The molecule has 1 aromatic carbocycles. The zero-order valence-electron chi connectivity index (χ0n) is 11.5. The fraction of sp³-hybridized carbons (Fsp3) is 0.533. The molecule has 2 atom stereocenters. The van der Waals surface area contributed by atoms with Gasteiger partial charge in [0, 0.05) is 17.5 Å². The molecule has 2 heterocycles. The van der Waals surface area contributed by atoms with E-state index in [0.29, 0.717) is 5.25 Å². The van der Waals surface area contributed by atoms with Gasteiger partial charge in [-0.05, 0) is 49.8 Å². The SMILES string of the molecule is CSC(C)c1ccc2c(c1)C1(CCCNC1)C(=O)N2. The molecule has 0 radical (unpaired) electrons. The Morgan fingerprint density at radius 2 is 2.26 bits per heavy atom. The second kappa shape index (κ2) is 4.84. The summed E-state index contributed by atoms with van der Waals surface area (Å²) in [5, 5.41) is 6.91. The molecule has 0 aliphatic carbocycles. The van der Waals surface area contributed by atoms with Crippen molar-refractivity contribution in [2.45, 2.75) is 30.4 Å². The van der Waals surface area contributed by atoms with Gasteiger partial charge in [-0.2, -0.15) is 11.8 Å². The molecule has 2 unspecified atom stereocenters. The molecule has 1 amide bonds. The van der Waals surface area contributed by atoms with Crippen molar-refractivity contribution in [1.29, 1.82) is 0 Å². The Morgan fingerprint density at radius 3 is 2.95 bits per heavy atom. The molecule has 1 fully saturated rings. The van der Waals surface area contributed by atoms with Crippen LogP contribution in [0.4, 0.5) is 5.69 Å². The van der Waals surface area contributed by atoms with Gasteiger partial charge in [-0.15, -0.1) is 0 Å². The van der Waals surface area contributed by atoms with E-state index in [1.807, 2.05) is 11.8 Å². The summed E-state index contributed by atoms with van der Waals surface area (Å²) < 4.78 is 0. The second-order valence-corrected chi connectivity index (χ2v) is 6.68. The van der Waals surface area contributed by atoms with Crippen molar-refractivity contribution >= 4 is 23.4 Å². The van der Waals surface area contributed by atoms with Gasteiger partial charge >= 0.3 is 0 Å². The number of carbonyl (C=O) groups is 1. The highest BCUT2D eigenvalue weighted by atomic mass is 32.2. The lowest BCUT2D eigenvalue weighted by Crippen LogP contribution is -2.47. The molecule has 1 spiro atoms. The van der Waals surface area contributed by atoms with Crippen LogP contribution in [0.3, 0.4) is 0 Å². The number of piperidine rings is 1. The molecule has 0 aromatic heterocycles. The Kier molecular flexibility index (Phi) is 3.31. The fourth-order valence-electron chi connectivity index (χ4n) is 3.15. The number of hydrogen-bond donors (Lipinski definition) is 2. The zero-order valence-corrected chi connectivity index (χ0v) is 12.3. The van der Waals surface area contributed by atoms with Crippen LogP contribution in [0, 0.1) is 0 Å². The minimum atomic E-state index is -0.332. The summed E-state index contributed by atoms with van der Waals surface area (Å²) in [5.41, 5.74) is 3.18. The van der Waals surface area contributed by atoms with Gasteiger partial charge in [0.25, 0.3) is 0 Å². The molecule has 2 N–H and O–H groups in total. The van der Waals surface area contributed by atoms with Crippen molar-refractivity contribution in [1.82, 2.24) is 5.32 Å². The van der Waals surface area contributed by atoms with Gasteiger partial charge in [-0.25, -0.2) is 0 Å². The van der Waals surface area contributed by atoms with Crippen LogP contribution in [-0.4, -0.2) is 25.3 Å². The highest BCUT2D eigenvalue weighted by Crippen LogP contribution is 2.43. The van der Waals surface area contributed by atoms with E-state index in [4.69, 9.17) is 0 Å². The lowest BCUT2D eigenvalue weighted by Gasteiger charge is -2.32. The topological polar surface area (TPSA) is 41.1 Å². The summed E-state index contributed by atoms with van der Waals surface area (Å²) in [6, 6.07) is 6.44. The average molecular weight is 276 g/mol. The first kappa shape index (κ1) is 13.0. The van der Waals surface area contributed by atoms with E-state index in [9.17, 15) is 4.79 Å². The molecule has 3 rings (SSSR count). The highest BCUT2D eigenvalue weighted by molar-refractivity contribution is 7.98. The van der Waals surface area contributed by atoms with Crippen LogP contribution in [0.15, 0.2) is 18.2 Å². The number of benzene rings is 1. The smallest absolute Gasteiger partial charge is 0.236 e. The maximum Gasteiger partial charge on any atom is 0.236 e. The van der Waals surface area contributed by atoms with Crippen LogP contribution in [0.5, 0.6) is 0 Å². The fourth-order valence-corrected chi connectivity index (χ4v) is 3.57. The third-order valence-electron chi connectivity index (χ3n) is 4.45. The van der Waals surface area contributed by atoms with Crippen molar-refractivity contribution < 1.29 is 4.79 Å². The number of nitrogens with one attached hydrogen (secondary N) is 2. The van der Waals surface area contributed by atoms with Crippen LogP contribution in [0.1, 0.15) is 36.1 Å². The van der Waals surface area contributed by atoms with Crippen molar-refractivity contribution in [3.63, 3.8) is 0 Å². The molecule has 2 aliphatic heterocycles. The van der Waals surface area contributed by atoms with Gasteiger partial charge in [0.15, 0.2) is 0 Å². The monoisotopic (exact) mass is 276 g/mol. The summed E-state index contributed by atoms with van der Waals surface area (Å²) in [4.78, 5) is 12.4. The number of thioether (sulfide) groups is 1. The highest BCUT2D eigenvalue weighted by Gasteiger charge is 2.47. The van der Waals surface area contributed by atoms with Crippen molar-refractivity contribution in [3.05, 3.63) is 29.3 Å². The number of amides is 1. The van der Waals surface area contributed by atoms with Crippen molar-refractivity contribution in [3.8, 4) is 0 Å². The van der Waals surface area contributed by atoms with Crippen molar-refractivity contribution in [2.75, 3.05) is 24.7 Å². The minimum absolute atomic E-state index is 0.170. The summed E-state index contributed by atoms with van der Waals surface area (Å²) >= 11 is 1.84. The molecule has 2 aliphatic rings. The first-order valence-corrected chi connectivity index (χ1v) is 8.15. The first-order chi connectivity index (χ1) is 9.17. The first-order valence-electron chi connectivity index (χ1n) is 6.87. The summed E-state index contributed by atoms with van der Waals surface area (Å²) in [5.74, 6) is 0.170. The van der Waals surface area contributed by atoms with E-state index in [1.165, 1.54) is 11.1 Å². The number of fused-ring (bicyclic) bond motifs is 2. The van der Waals surface area contributed by atoms with Gasteiger partial charge in [-0.3, -0.25) is 4.79 Å². The Hall–Kier alpha value is -1.00. The molecular formula is C15H20N2OS. The minimum Gasteiger partial charge on any atom is -0.325 e. The molecule has 102 valence electrons. The molecule has 4 heteroatoms. The molecular weight excluding hydrogens is 256 g/mol. The van der Waals surface area contributed by atoms with Gasteiger partial charge in [-0.1, -0.05) is 12.1 Å². The maximum atomic E-state index is 12.4. The van der Waals surface area contributed by atoms with E-state index >= 15 is 0 Å². The Labute approximate surface area is 118 Å². The van der Waals surface area contributed by atoms with E-state index in [0.717, 1.165) is 31.6 Å². The van der Waals surface area contributed by atoms with Gasteiger partial charge in [0.05, 0.1) is 5.41 Å². The second-order valence-electron chi connectivity index (χ2n) is 5.50. The summed E-state index contributed by atoms with van der Waals surface area (Å²) in [6.45, 7) is 4.00. The molecule has 3 nitrogen and oxygen atoms in total. The predicted octanol–water partition coefficient (Wildman–Crippen LogP) is 2.68. The average Bonchev–Trinajstić information content (AvgIpc) is 2.71. The van der Waals surface area contributed by atoms with Crippen LogP contribution in [-0.2, 0) is 10.2 Å². The molecule has 1 aromatic rings. The standard InChI is InChI=1S/C15H20N2OS/c1-10(19-2)11-4-5-13-12(8-11)15(14(18)17-13)6-3-7-16-9-15/h4-5,8,10,16H,3,6-7,9H2,1-2H3,(H,17,18). The number of rotatable bonds is 2.